The zero-order valence-corrected chi connectivity index (χ0v) is 19.2. The fourth-order valence-electron chi connectivity index (χ4n) is 3.63. The fourth-order valence-corrected chi connectivity index (χ4v) is 3.63. The van der Waals surface area contributed by atoms with Crippen LogP contribution in [0.2, 0.25) is 0 Å². The first-order valence-corrected chi connectivity index (χ1v) is 11.2. The maximum Gasteiger partial charge on any atom is 0.267 e. The van der Waals surface area contributed by atoms with Gasteiger partial charge in [0.1, 0.15) is 17.6 Å². The van der Waals surface area contributed by atoms with Crippen molar-refractivity contribution in [3.8, 4) is 17.0 Å². The van der Waals surface area contributed by atoms with Gasteiger partial charge in [-0.25, -0.2) is 9.67 Å². The zero-order chi connectivity index (χ0) is 23.9. The molecular formula is C27H26N4O3. The average Bonchev–Trinajstić information content (AvgIpc) is 2.88. The van der Waals surface area contributed by atoms with Crippen molar-refractivity contribution < 1.29 is 9.53 Å². The number of hydrogen-bond acceptors (Lipinski definition) is 5. The summed E-state index contributed by atoms with van der Waals surface area (Å²) in [4.78, 5) is 32.3. The molecule has 4 rings (SSSR count). The third-order valence-electron chi connectivity index (χ3n) is 5.39. The summed E-state index contributed by atoms with van der Waals surface area (Å²) in [6, 6.07) is 24.8. The summed E-state index contributed by atoms with van der Waals surface area (Å²) in [5, 5.41) is 4.52. The Kier molecular flexibility index (Phi) is 7.13. The highest BCUT2D eigenvalue weighted by atomic mass is 16.5. The standard InChI is InChI=1S/C27H26N4O3/c1-3-34-23-14-12-22(13-15-23)24-16-17-26(32)31(29-24)20(2)27(33)30(25-11-7-8-18-28-25)19-21-9-5-4-6-10-21/h4-18,20H,3,19H2,1-2H3. The summed E-state index contributed by atoms with van der Waals surface area (Å²) < 4.78 is 6.73. The zero-order valence-electron chi connectivity index (χ0n) is 19.2. The van der Waals surface area contributed by atoms with Crippen LogP contribution in [0.15, 0.2) is 95.9 Å². The molecule has 0 aliphatic rings. The third kappa shape index (κ3) is 5.20. The van der Waals surface area contributed by atoms with Crippen LogP contribution in [-0.2, 0) is 11.3 Å². The van der Waals surface area contributed by atoms with E-state index >= 15 is 0 Å². The van der Waals surface area contributed by atoms with Crippen LogP contribution in [0.4, 0.5) is 5.82 Å². The Morgan fingerprint density at radius 3 is 2.38 bits per heavy atom. The molecule has 7 nitrogen and oxygen atoms in total. The first-order chi connectivity index (χ1) is 16.6. The smallest absolute Gasteiger partial charge is 0.267 e. The molecule has 1 atom stereocenters. The lowest BCUT2D eigenvalue weighted by Gasteiger charge is -2.25. The molecule has 2 heterocycles. The summed E-state index contributed by atoms with van der Waals surface area (Å²) in [6.07, 6.45) is 1.64. The number of hydrogen-bond donors (Lipinski definition) is 0. The third-order valence-corrected chi connectivity index (χ3v) is 5.39. The van der Waals surface area contributed by atoms with E-state index in [1.165, 1.54) is 10.7 Å². The maximum absolute atomic E-state index is 13.6. The SMILES string of the molecule is CCOc1ccc(-c2ccc(=O)n(C(C)C(=O)N(Cc3ccccc3)c3ccccn3)n2)cc1. The molecule has 0 fully saturated rings. The van der Waals surface area contributed by atoms with Crippen molar-refractivity contribution in [2.24, 2.45) is 0 Å². The summed E-state index contributed by atoms with van der Waals surface area (Å²) in [5.74, 6) is 0.995. The van der Waals surface area contributed by atoms with Gasteiger partial charge in [-0.1, -0.05) is 36.4 Å². The van der Waals surface area contributed by atoms with Crippen molar-refractivity contribution in [3.05, 3.63) is 107 Å². The van der Waals surface area contributed by atoms with Crippen molar-refractivity contribution in [2.45, 2.75) is 26.4 Å². The van der Waals surface area contributed by atoms with Crippen LogP contribution in [0.3, 0.4) is 0 Å². The number of carbonyl (C=O) groups is 1. The number of amides is 1. The van der Waals surface area contributed by atoms with Crippen molar-refractivity contribution in [3.63, 3.8) is 0 Å². The second-order valence-electron chi connectivity index (χ2n) is 7.73. The lowest BCUT2D eigenvalue weighted by atomic mass is 10.1. The minimum Gasteiger partial charge on any atom is -0.494 e. The van der Waals surface area contributed by atoms with E-state index in [1.807, 2.05) is 67.6 Å². The van der Waals surface area contributed by atoms with Gasteiger partial charge in [-0.15, -0.1) is 0 Å². The second-order valence-corrected chi connectivity index (χ2v) is 7.73. The first kappa shape index (κ1) is 22.9. The molecule has 0 aliphatic heterocycles. The van der Waals surface area contributed by atoms with Gasteiger partial charge in [0.05, 0.1) is 18.8 Å². The molecule has 1 unspecified atom stereocenters. The second kappa shape index (κ2) is 10.6. The number of ether oxygens (including phenoxy) is 1. The average molecular weight is 455 g/mol. The van der Waals surface area contributed by atoms with Crippen LogP contribution in [-0.4, -0.2) is 27.3 Å². The van der Waals surface area contributed by atoms with Gasteiger partial charge in [0.15, 0.2) is 0 Å². The largest absolute Gasteiger partial charge is 0.494 e. The highest BCUT2D eigenvalue weighted by Crippen LogP contribution is 2.22. The van der Waals surface area contributed by atoms with Crippen molar-refractivity contribution >= 4 is 11.7 Å². The molecular weight excluding hydrogens is 428 g/mol. The van der Waals surface area contributed by atoms with E-state index in [9.17, 15) is 9.59 Å². The molecule has 0 bridgehead atoms. The molecule has 0 radical (unpaired) electrons. The molecule has 34 heavy (non-hydrogen) atoms. The first-order valence-electron chi connectivity index (χ1n) is 11.2. The molecule has 4 aromatic rings. The number of rotatable bonds is 8. The van der Waals surface area contributed by atoms with Gasteiger partial charge < -0.3 is 4.74 Å². The number of aromatic nitrogens is 3. The molecule has 7 heteroatoms. The van der Waals surface area contributed by atoms with Crippen LogP contribution < -0.4 is 15.2 Å². The van der Waals surface area contributed by atoms with E-state index in [-0.39, 0.29) is 11.5 Å². The van der Waals surface area contributed by atoms with Crippen LogP contribution in [0, 0.1) is 0 Å². The lowest BCUT2D eigenvalue weighted by Crippen LogP contribution is -2.40. The Morgan fingerprint density at radius 2 is 1.71 bits per heavy atom. The van der Waals surface area contributed by atoms with Gasteiger partial charge in [-0.3, -0.25) is 14.5 Å². The lowest BCUT2D eigenvalue weighted by molar-refractivity contribution is -0.121. The number of anilines is 1. The number of pyridine rings is 1. The minimum atomic E-state index is -0.833. The monoisotopic (exact) mass is 454 g/mol. The molecule has 0 aliphatic carbocycles. The van der Waals surface area contributed by atoms with Crippen molar-refractivity contribution in [1.82, 2.24) is 14.8 Å². The number of carbonyl (C=O) groups excluding carboxylic acids is 1. The van der Waals surface area contributed by atoms with E-state index in [4.69, 9.17) is 4.74 Å². The molecule has 0 saturated heterocycles. The summed E-state index contributed by atoms with van der Waals surface area (Å²) >= 11 is 0. The van der Waals surface area contributed by atoms with Crippen molar-refractivity contribution in [1.29, 1.82) is 0 Å². The van der Waals surface area contributed by atoms with E-state index < -0.39 is 6.04 Å². The molecule has 0 N–H and O–H groups in total. The Bertz CT molecular complexity index is 1290. The van der Waals surface area contributed by atoms with E-state index in [0.717, 1.165) is 16.9 Å². The Balaban J connectivity index is 1.65. The van der Waals surface area contributed by atoms with E-state index in [1.54, 1.807) is 36.2 Å². The van der Waals surface area contributed by atoms with Crippen LogP contribution >= 0.6 is 0 Å². The summed E-state index contributed by atoms with van der Waals surface area (Å²) in [7, 11) is 0. The Morgan fingerprint density at radius 1 is 0.971 bits per heavy atom. The molecule has 172 valence electrons. The molecule has 1 amide bonds. The quantitative estimate of drug-likeness (QED) is 0.392. The van der Waals surface area contributed by atoms with Crippen LogP contribution in [0.1, 0.15) is 25.5 Å². The molecule has 2 aromatic heterocycles. The Hall–Kier alpha value is -4.26. The number of nitrogens with zero attached hydrogens (tertiary/aromatic N) is 4. The van der Waals surface area contributed by atoms with Crippen molar-refractivity contribution in [2.75, 3.05) is 11.5 Å². The van der Waals surface area contributed by atoms with Crippen LogP contribution in [0.25, 0.3) is 11.3 Å². The molecule has 0 spiro atoms. The van der Waals surface area contributed by atoms with Gasteiger partial charge in [-0.05, 0) is 61.9 Å². The van der Waals surface area contributed by atoms with Gasteiger partial charge in [0.25, 0.3) is 11.5 Å². The van der Waals surface area contributed by atoms with E-state index in [0.29, 0.717) is 24.7 Å². The summed E-state index contributed by atoms with van der Waals surface area (Å²) in [5.41, 5.74) is 2.02. The maximum atomic E-state index is 13.6. The predicted molar refractivity (Wildman–Crippen MR) is 132 cm³/mol. The molecule has 2 aromatic carbocycles. The highest BCUT2D eigenvalue weighted by molar-refractivity contribution is 5.95. The van der Waals surface area contributed by atoms with E-state index in [2.05, 4.69) is 10.1 Å². The van der Waals surface area contributed by atoms with Gasteiger partial charge >= 0.3 is 0 Å². The molecule has 0 saturated carbocycles. The Labute approximate surface area is 198 Å². The number of benzene rings is 2. The fraction of sp³-hybridized carbons (Fsp3) is 0.185. The topological polar surface area (TPSA) is 77.3 Å². The minimum absolute atomic E-state index is 0.277. The van der Waals surface area contributed by atoms with Crippen LogP contribution in [0.5, 0.6) is 5.75 Å². The predicted octanol–water partition coefficient (Wildman–Crippen LogP) is 4.50. The summed E-state index contributed by atoms with van der Waals surface area (Å²) in [6.45, 7) is 4.52. The van der Waals surface area contributed by atoms with Gasteiger partial charge in [-0.2, -0.15) is 5.10 Å². The van der Waals surface area contributed by atoms with Gasteiger partial charge in [0, 0.05) is 17.8 Å². The highest BCUT2D eigenvalue weighted by Gasteiger charge is 2.26. The van der Waals surface area contributed by atoms with Gasteiger partial charge in [0.2, 0.25) is 0 Å². The normalized spacial score (nSPS) is 11.6.